The fourth-order valence-corrected chi connectivity index (χ4v) is 3.38. The number of likely N-dealkylation sites (N-methyl/N-ethyl adjacent to an activating group) is 1. The van der Waals surface area contributed by atoms with E-state index in [1.54, 1.807) is 25.3 Å². The van der Waals surface area contributed by atoms with E-state index in [2.05, 4.69) is 24.1 Å². The van der Waals surface area contributed by atoms with Gasteiger partial charge in [-0.05, 0) is 49.5 Å². The van der Waals surface area contributed by atoms with Crippen LogP contribution in [-0.4, -0.2) is 58.8 Å². The molecular weight excluding hydrogens is 392 g/mol. The zero-order chi connectivity index (χ0) is 21.4. The Kier molecular flexibility index (Phi) is 8.04. The summed E-state index contributed by atoms with van der Waals surface area (Å²) >= 11 is 0. The van der Waals surface area contributed by atoms with Crippen molar-refractivity contribution in [1.29, 1.82) is 0 Å². The van der Waals surface area contributed by atoms with E-state index in [9.17, 15) is 13.2 Å². The standard InChI is InChI=1S/C21H28N2O5S/c1-5-23(6-2)13-14-28-20-15-17(9-12-19(20)27-3)22-21(24)16-7-10-18(11-8-16)29(4,25)26/h7-12,15H,5-6,13-14H2,1-4H3,(H,22,24). The summed E-state index contributed by atoms with van der Waals surface area (Å²) in [5, 5.41) is 2.80. The normalized spacial score (nSPS) is 11.3. The topological polar surface area (TPSA) is 84.9 Å². The van der Waals surface area contributed by atoms with Gasteiger partial charge in [-0.15, -0.1) is 0 Å². The number of amides is 1. The Bertz CT molecular complexity index is 923. The number of nitrogens with one attached hydrogen (secondary N) is 1. The van der Waals surface area contributed by atoms with Crippen molar-refractivity contribution in [3.8, 4) is 11.5 Å². The van der Waals surface area contributed by atoms with Crippen LogP contribution in [0.15, 0.2) is 47.4 Å². The quantitative estimate of drug-likeness (QED) is 0.636. The second-order valence-electron chi connectivity index (χ2n) is 6.49. The van der Waals surface area contributed by atoms with Gasteiger partial charge in [0.15, 0.2) is 21.3 Å². The van der Waals surface area contributed by atoms with Crippen LogP contribution in [0.1, 0.15) is 24.2 Å². The van der Waals surface area contributed by atoms with Crippen molar-refractivity contribution < 1.29 is 22.7 Å². The molecule has 8 heteroatoms. The van der Waals surface area contributed by atoms with Gasteiger partial charge >= 0.3 is 0 Å². The second kappa shape index (κ2) is 10.3. The zero-order valence-electron chi connectivity index (χ0n) is 17.3. The van der Waals surface area contributed by atoms with Crippen molar-refractivity contribution in [3.63, 3.8) is 0 Å². The lowest BCUT2D eigenvalue weighted by Gasteiger charge is -2.19. The first-order valence-electron chi connectivity index (χ1n) is 9.43. The lowest BCUT2D eigenvalue weighted by molar-refractivity contribution is 0.102. The third-order valence-corrected chi connectivity index (χ3v) is 5.65. The van der Waals surface area contributed by atoms with E-state index in [0.717, 1.165) is 25.9 Å². The third kappa shape index (κ3) is 6.47. The molecule has 0 heterocycles. The minimum Gasteiger partial charge on any atom is -0.493 e. The number of sulfone groups is 1. The van der Waals surface area contributed by atoms with Crippen molar-refractivity contribution >= 4 is 21.4 Å². The van der Waals surface area contributed by atoms with Gasteiger partial charge in [0.05, 0.1) is 12.0 Å². The van der Waals surface area contributed by atoms with Crippen molar-refractivity contribution in [2.24, 2.45) is 0 Å². The molecular formula is C21H28N2O5S. The van der Waals surface area contributed by atoms with Crippen LogP contribution in [0.2, 0.25) is 0 Å². The molecule has 0 aliphatic rings. The highest BCUT2D eigenvalue weighted by Crippen LogP contribution is 2.30. The van der Waals surface area contributed by atoms with Crippen LogP contribution in [0.5, 0.6) is 11.5 Å². The Labute approximate surface area is 172 Å². The molecule has 29 heavy (non-hydrogen) atoms. The number of methoxy groups -OCH3 is 1. The first-order chi connectivity index (χ1) is 13.8. The first-order valence-corrected chi connectivity index (χ1v) is 11.3. The van der Waals surface area contributed by atoms with Crippen LogP contribution in [0, 0.1) is 0 Å². The maximum atomic E-state index is 12.5. The van der Waals surface area contributed by atoms with E-state index < -0.39 is 9.84 Å². The summed E-state index contributed by atoms with van der Waals surface area (Å²) in [5.74, 6) is 0.786. The highest BCUT2D eigenvalue weighted by molar-refractivity contribution is 7.90. The van der Waals surface area contributed by atoms with Gasteiger partial charge in [0.2, 0.25) is 0 Å². The van der Waals surface area contributed by atoms with Crippen LogP contribution in [0.25, 0.3) is 0 Å². The third-order valence-electron chi connectivity index (χ3n) is 4.53. The average molecular weight is 421 g/mol. The molecule has 0 atom stereocenters. The second-order valence-corrected chi connectivity index (χ2v) is 8.51. The summed E-state index contributed by atoms with van der Waals surface area (Å²) in [6.45, 7) is 7.39. The summed E-state index contributed by atoms with van der Waals surface area (Å²) in [5.41, 5.74) is 0.915. The summed E-state index contributed by atoms with van der Waals surface area (Å²) in [4.78, 5) is 14.9. The fourth-order valence-electron chi connectivity index (χ4n) is 2.75. The molecule has 0 bridgehead atoms. The molecule has 0 unspecified atom stereocenters. The maximum absolute atomic E-state index is 12.5. The van der Waals surface area contributed by atoms with E-state index in [-0.39, 0.29) is 10.8 Å². The van der Waals surface area contributed by atoms with Gasteiger partial charge in [-0.25, -0.2) is 8.42 Å². The van der Waals surface area contributed by atoms with Crippen molar-refractivity contribution in [2.75, 3.05) is 44.9 Å². The number of nitrogens with zero attached hydrogens (tertiary/aromatic N) is 1. The molecule has 0 aliphatic carbocycles. The summed E-state index contributed by atoms with van der Waals surface area (Å²) in [6, 6.07) is 11.0. The van der Waals surface area contributed by atoms with Crippen LogP contribution in [0.3, 0.4) is 0 Å². The molecule has 0 radical (unpaired) electrons. The zero-order valence-corrected chi connectivity index (χ0v) is 18.1. The molecule has 7 nitrogen and oxygen atoms in total. The molecule has 2 aromatic carbocycles. The van der Waals surface area contributed by atoms with Gasteiger partial charge in [-0.3, -0.25) is 4.79 Å². The Balaban J connectivity index is 2.09. The molecule has 1 N–H and O–H groups in total. The van der Waals surface area contributed by atoms with Gasteiger partial charge in [0.1, 0.15) is 6.61 Å². The van der Waals surface area contributed by atoms with Crippen molar-refractivity contribution in [2.45, 2.75) is 18.7 Å². The Morgan fingerprint density at radius 3 is 2.24 bits per heavy atom. The summed E-state index contributed by atoms with van der Waals surface area (Å²) in [7, 11) is -1.74. The average Bonchev–Trinajstić information content (AvgIpc) is 2.71. The lowest BCUT2D eigenvalue weighted by Crippen LogP contribution is -2.28. The smallest absolute Gasteiger partial charge is 0.255 e. The molecule has 1 amide bonds. The van der Waals surface area contributed by atoms with Crippen LogP contribution in [0.4, 0.5) is 5.69 Å². The SMILES string of the molecule is CCN(CC)CCOc1cc(NC(=O)c2ccc(S(C)(=O)=O)cc2)ccc1OC. The molecule has 2 aromatic rings. The van der Waals surface area contributed by atoms with Crippen LogP contribution < -0.4 is 14.8 Å². The maximum Gasteiger partial charge on any atom is 0.255 e. The van der Waals surface area contributed by atoms with E-state index in [4.69, 9.17) is 9.47 Å². The van der Waals surface area contributed by atoms with E-state index in [1.165, 1.54) is 24.3 Å². The lowest BCUT2D eigenvalue weighted by atomic mass is 10.2. The number of hydrogen-bond acceptors (Lipinski definition) is 6. The molecule has 0 aliphatic heterocycles. The van der Waals surface area contributed by atoms with E-state index in [1.807, 2.05) is 0 Å². The summed E-state index contributed by atoms with van der Waals surface area (Å²) in [6.07, 6.45) is 1.13. The van der Waals surface area contributed by atoms with Crippen molar-refractivity contribution in [3.05, 3.63) is 48.0 Å². The molecule has 0 fully saturated rings. The largest absolute Gasteiger partial charge is 0.493 e. The van der Waals surface area contributed by atoms with Crippen LogP contribution in [-0.2, 0) is 9.84 Å². The van der Waals surface area contributed by atoms with Gasteiger partial charge in [0, 0.05) is 30.1 Å². The molecule has 0 aromatic heterocycles. The summed E-state index contributed by atoms with van der Waals surface area (Å²) < 4.78 is 34.3. The fraction of sp³-hybridized carbons (Fsp3) is 0.381. The number of anilines is 1. The minimum absolute atomic E-state index is 0.169. The number of carbonyl (C=O) groups is 1. The minimum atomic E-state index is -3.30. The van der Waals surface area contributed by atoms with Gasteiger partial charge < -0.3 is 19.7 Å². The predicted molar refractivity (Wildman–Crippen MR) is 114 cm³/mol. The molecule has 158 valence electrons. The van der Waals surface area contributed by atoms with E-state index >= 15 is 0 Å². The Morgan fingerprint density at radius 2 is 1.69 bits per heavy atom. The van der Waals surface area contributed by atoms with Gasteiger partial charge in [-0.2, -0.15) is 0 Å². The number of benzene rings is 2. The number of hydrogen-bond donors (Lipinski definition) is 1. The molecule has 0 saturated carbocycles. The van der Waals surface area contributed by atoms with Gasteiger partial charge in [0.25, 0.3) is 5.91 Å². The monoisotopic (exact) mass is 420 g/mol. The van der Waals surface area contributed by atoms with Gasteiger partial charge in [-0.1, -0.05) is 13.8 Å². The Hall–Kier alpha value is -2.58. The number of rotatable bonds is 10. The highest BCUT2D eigenvalue weighted by atomic mass is 32.2. The number of ether oxygens (including phenoxy) is 2. The molecule has 0 spiro atoms. The van der Waals surface area contributed by atoms with E-state index in [0.29, 0.717) is 29.4 Å². The van der Waals surface area contributed by atoms with Crippen LogP contribution >= 0.6 is 0 Å². The highest BCUT2D eigenvalue weighted by Gasteiger charge is 2.12. The number of carbonyl (C=O) groups excluding carboxylic acids is 1. The molecule has 2 rings (SSSR count). The first kappa shape index (κ1) is 22.7. The molecule has 0 saturated heterocycles. The predicted octanol–water partition coefficient (Wildman–Crippen LogP) is 3.07. The van der Waals surface area contributed by atoms with Crippen molar-refractivity contribution in [1.82, 2.24) is 4.90 Å². The Morgan fingerprint density at radius 1 is 1.03 bits per heavy atom.